The number of benzene rings is 1. The van der Waals surface area contributed by atoms with Gasteiger partial charge >= 0.3 is 0 Å². The van der Waals surface area contributed by atoms with Crippen LogP contribution in [0.5, 0.6) is 5.75 Å². The first-order valence-corrected chi connectivity index (χ1v) is 6.56. The topological polar surface area (TPSA) is 33.0 Å². The smallest absolute Gasteiger partial charge is 0.119 e. The second kappa shape index (κ2) is 6.44. The summed E-state index contributed by atoms with van der Waals surface area (Å²) < 4.78 is 5.71. The highest BCUT2D eigenvalue weighted by Crippen LogP contribution is 2.22. The molecule has 0 saturated heterocycles. The van der Waals surface area contributed by atoms with Crippen LogP contribution in [0.3, 0.4) is 0 Å². The highest BCUT2D eigenvalue weighted by molar-refractivity contribution is 5.33. The minimum atomic E-state index is -0.208. The van der Waals surface area contributed by atoms with Gasteiger partial charge in [0.15, 0.2) is 0 Å². The van der Waals surface area contributed by atoms with Gasteiger partial charge in [0.1, 0.15) is 5.75 Å². The predicted molar refractivity (Wildman–Crippen MR) is 74.7 cm³/mol. The molecule has 0 saturated carbocycles. The molecular formula is C16H23NO. The quantitative estimate of drug-likeness (QED) is 0.696. The van der Waals surface area contributed by atoms with E-state index < -0.39 is 0 Å². The average Bonchev–Trinajstić information content (AvgIpc) is 2.33. The van der Waals surface area contributed by atoms with E-state index in [4.69, 9.17) is 10.00 Å². The number of unbranched alkanes of at least 4 members (excludes halogenated alkanes) is 1. The lowest BCUT2D eigenvalue weighted by atomic mass is 9.89. The largest absolute Gasteiger partial charge is 0.494 e. The molecule has 0 aliphatic carbocycles. The Labute approximate surface area is 111 Å². The molecule has 98 valence electrons. The fraction of sp³-hybridized carbons (Fsp3) is 0.562. The van der Waals surface area contributed by atoms with Crippen molar-refractivity contribution in [3.63, 3.8) is 0 Å². The van der Waals surface area contributed by atoms with Crippen molar-refractivity contribution >= 4 is 0 Å². The Bertz CT molecular complexity index is 429. The lowest BCUT2D eigenvalue weighted by Gasteiger charge is -2.14. The molecule has 0 spiro atoms. The Morgan fingerprint density at radius 3 is 2.50 bits per heavy atom. The monoisotopic (exact) mass is 245 g/mol. The van der Waals surface area contributed by atoms with Crippen LogP contribution in [0.1, 0.15) is 44.2 Å². The van der Waals surface area contributed by atoms with E-state index in [0.29, 0.717) is 0 Å². The summed E-state index contributed by atoms with van der Waals surface area (Å²) in [6.07, 6.45) is 2.96. The molecule has 2 heteroatoms. The van der Waals surface area contributed by atoms with E-state index in [1.165, 1.54) is 11.1 Å². The van der Waals surface area contributed by atoms with Crippen LogP contribution in [0, 0.1) is 30.6 Å². The molecule has 18 heavy (non-hydrogen) atoms. The molecule has 0 radical (unpaired) electrons. The highest BCUT2D eigenvalue weighted by atomic mass is 16.5. The molecule has 2 nitrogen and oxygen atoms in total. The normalized spacial score (nSPS) is 11.1. The Hall–Kier alpha value is -1.49. The molecule has 0 aliphatic heterocycles. The van der Waals surface area contributed by atoms with Crippen molar-refractivity contribution in [2.75, 3.05) is 6.61 Å². The summed E-state index contributed by atoms with van der Waals surface area (Å²) in [5.41, 5.74) is 2.34. The van der Waals surface area contributed by atoms with E-state index in [0.717, 1.165) is 31.6 Å². The Morgan fingerprint density at radius 2 is 1.89 bits per heavy atom. The SMILES string of the molecule is Cc1ccc(OCCCCC(C)(C)C#N)cc1C. The summed E-state index contributed by atoms with van der Waals surface area (Å²) >= 11 is 0. The number of hydrogen-bond acceptors (Lipinski definition) is 2. The van der Waals surface area contributed by atoms with Gasteiger partial charge in [-0.2, -0.15) is 5.26 Å². The van der Waals surface area contributed by atoms with Crippen LogP contribution in [0.2, 0.25) is 0 Å². The van der Waals surface area contributed by atoms with Crippen LogP contribution in [0.25, 0.3) is 0 Å². The van der Waals surface area contributed by atoms with E-state index in [1.807, 2.05) is 19.9 Å². The van der Waals surface area contributed by atoms with Crippen LogP contribution >= 0.6 is 0 Å². The van der Waals surface area contributed by atoms with Gasteiger partial charge in [0.2, 0.25) is 0 Å². The molecular weight excluding hydrogens is 222 g/mol. The lowest BCUT2D eigenvalue weighted by Crippen LogP contribution is -2.08. The van der Waals surface area contributed by atoms with Gasteiger partial charge in [0.05, 0.1) is 18.1 Å². The van der Waals surface area contributed by atoms with Crippen LogP contribution in [0.4, 0.5) is 0 Å². The minimum Gasteiger partial charge on any atom is -0.494 e. The Morgan fingerprint density at radius 1 is 1.17 bits per heavy atom. The van der Waals surface area contributed by atoms with E-state index in [1.54, 1.807) is 0 Å². The van der Waals surface area contributed by atoms with Gasteiger partial charge < -0.3 is 4.74 Å². The van der Waals surface area contributed by atoms with Gasteiger partial charge in [-0.05, 0) is 70.2 Å². The van der Waals surface area contributed by atoms with E-state index in [-0.39, 0.29) is 5.41 Å². The summed E-state index contributed by atoms with van der Waals surface area (Å²) in [5, 5.41) is 8.90. The van der Waals surface area contributed by atoms with E-state index in [2.05, 4.69) is 32.0 Å². The first-order valence-electron chi connectivity index (χ1n) is 6.56. The standard InChI is InChI=1S/C16H23NO/c1-13-7-8-15(11-14(13)2)18-10-6-5-9-16(3,4)12-17/h7-8,11H,5-6,9-10H2,1-4H3. The summed E-state index contributed by atoms with van der Waals surface area (Å²) in [4.78, 5) is 0. The molecule has 0 N–H and O–H groups in total. The second-order valence-corrected chi connectivity index (χ2v) is 5.55. The number of nitrogens with zero attached hydrogens (tertiary/aromatic N) is 1. The molecule has 0 amide bonds. The lowest BCUT2D eigenvalue weighted by molar-refractivity contribution is 0.295. The number of rotatable bonds is 6. The molecule has 0 heterocycles. The highest BCUT2D eigenvalue weighted by Gasteiger charge is 2.15. The predicted octanol–water partition coefficient (Wildman–Crippen LogP) is 4.40. The van der Waals surface area contributed by atoms with Gasteiger partial charge in [-0.3, -0.25) is 0 Å². The van der Waals surface area contributed by atoms with Crippen molar-refractivity contribution < 1.29 is 4.74 Å². The molecule has 0 aromatic heterocycles. The Balaban J connectivity index is 2.26. The third-order valence-electron chi connectivity index (χ3n) is 3.25. The first kappa shape index (κ1) is 14.6. The van der Waals surface area contributed by atoms with Crippen molar-refractivity contribution in [1.29, 1.82) is 5.26 Å². The molecule has 1 aromatic rings. The van der Waals surface area contributed by atoms with Gasteiger partial charge in [-0.25, -0.2) is 0 Å². The molecule has 1 aromatic carbocycles. The number of hydrogen-bond donors (Lipinski definition) is 0. The third-order valence-corrected chi connectivity index (χ3v) is 3.25. The fourth-order valence-electron chi connectivity index (χ4n) is 1.72. The maximum absolute atomic E-state index is 8.90. The van der Waals surface area contributed by atoms with Crippen molar-refractivity contribution in [3.05, 3.63) is 29.3 Å². The summed E-state index contributed by atoms with van der Waals surface area (Å²) in [6.45, 7) is 8.89. The second-order valence-electron chi connectivity index (χ2n) is 5.55. The minimum absolute atomic E-state index is 0.208. The number of ether oxygens (including phenoxy) is 1. The summed E-state index contributed by atoms with van der Waals surface area (Å²) in [7, 11) is 0. The van der Waals surface area contributed by atoms with Gasteiger partial charge in [0.25, 0.3) is 0 Å². The van der Waals surface area contributed by atoms with Crippen LogP contribution in [-0.2, 0) is 0 Å². The molecule has 0 atom stereocenters. The number of aryl methyl sites for hydroxylation is 2. The average molecular weight is 245 g/mol. The first-order chi connectivity index (χ1) is 8.44. The summed E-state index contributed by atoms with van der Waals surface area (Å²) in [6, 6.07) is 8.50. The molecule has 0 aliphatic rings. The maximum atomic E-state index is 8.90. The molecule has 0 fully saturated rings. The van der Waals surface area contributed by atoms with Crippen LogP contribution in [0.15, 0.2) is 18.2 Å². The zero-order valence-corrected chi connectivity index (χ0v) is 11.9. The van der Waals surface area contributed by atoms with Gasteiger partial charge in [-0.15, -0.1) is 0 Å². The Kier molecular flexibility index (Phi) is 5.22. The number of nitriles is 1. The van der Waals surface area contributed by atoms with Crippen molar-refractivity contribution in [1.82, 2.24) is 0 Å². The van der Waals surface area contributed by atoms with E-state index in [9.17, 15) is 0 Å². The van der Waals surface area contributed by atoms with Crippen molar-refractivity contribution in [2.24, 2.45) is 5.41 Å². The van der Waals surface area contributed by atoms with Crippen molar-refractivity contribution in [3.8, 4) is 11.8 Å². The van der Waals surface area contributed by atoms with Crippen molar-refractivity contribution in [2.45, 2.75) is 47.0 Å². The third kappa shape index (κ3) is 4.79. The molecule has 0 bridgehead atoms. The van der Waals surface area contributed by atoms with Crippen LogP contribution < -0.4 is 4.74 Å². The molecule has 1 rings (SSSR count). The summed E-state index contributed by atoms with van der Waals surface area (Å²) in [5.74, 6) is 0.942. The van der Waals surface area contributed by atoms with Gasteiger partial charge in [-0.1, -0.05) is 6.07 Å². The fourth-order valence-corrected chi connectivity index (χ4v) is 1.72. The zero-order valence-electron chi connectivity index (χ0n) is 11.9. The zero-order chi connectivity index (χ0) is 13.6. The van der Waals surface area contributed by atoms with Crippen LogP contribution in [-0.4, -0.2) is 6.61 Å². The molecule has 0 unspecified atom stereocenters. The van der Waals surface area contributed by atoms with E-state index >= 15 is 0 Å². The maximum Gasteiger partial charge on any atom is 0.119 e. The van der Waals surface area contributed by atoms with Gasteiger partial charge in [0, 0.05) is 0 Å².